The van der Waals surface area contributed by atoms with Crippen LogP contribution in [0.25, 0.3) is 6.08 Å². The first-order chi connectivity index (χ1) is 18.1. The molecule has 5 rings (SSSR count). The number of hydrogen-bond donors (Lipinski definition) is 1. The first kappa shape index (κ1) is 24.8. The molecule has 192 valence electrons. The van der Waals surface area contributed by atoms with Crippen LogP contribution in [0.5, 0.6) is 5.75 Å². The summed E-state index contributed by atoms with van der Waals surface area (Å²) in [6.45, 7) is 0.320. The van der Waals surface area contributed by atoms with Gasteiger partial charge in [0, 0.05) is 17.6 Å². The summed E-state index contributed by atoms with van der Waals surface area (Å²) in [5.74, 6) is 1.21. The van der Waals surface area contributed by atoms with Crippen molar-refractivity contribution in [3.63, 3.8) is 0 Å². The smallest absolute Gasteiger partial charge is 0.247 e. The zero-order valence-corrected chi connectivity index (χ0v) is 21.1. The van der Waals surface area contributed by atoms with Gasteiger partial charge >= 0.3 is 0 Å². The number of hydrazone groups is 1. The van der Waals surface area contributed by atoms with Gasteiger partial charge in [-0.25, -0.2) is 5.01 Å². The number of ether oxygens (including phenoxy) is 1. The van der Waals surface area contributed by atoms with Crippen LogP contribution in [-0.4, -0.2) is 35.7 Å². The Morgan fingerprint density at radius 2 is 2.00 bits per heavy atom. The minimum Gasteiger partial charge on any atom is -0.496 e. The van der Waals surface area contributed by atoms with Crippen molar-refractivity contribution in [1.29, 1.82) is 0 Å². The van der Waals surface area contributed by atoms with Crippen LogP contribution in [0.4, 0.5) is 0 Å². The Hall–Kier alpha value is -3.87. The van der Waals surface area contributed by atoms with Crippen molar-refractivity contribution in [2.24, 2.45) is 16.9 Å². The van der Waals surface area contributed by atoms with Crippen molar-refractivity contribution in [1.82, 2.24) is 10.3 Å². The molecule has 0 saturated heterocycles. The van der Waals surface area contributed by atoms with Crippen LogP contribution in [0, 0.1) is 11.8 Å². The number of nitrogens with zero attached hydrogens (tertiary/aromatic N) is 2. The third-order valence-electron chi connectivity index (χ3n) is 7.33. The molecule has 1 N–H and O–H groups in total. The van der Waals surface area contributed by atoms with Crippen molar-refractivity contribution in [3.8, 4) is 5.75 Å². The Morgan fingerprint density at radius 1 is 1.16 bits per heavy atom. The van der Waals surface area contributed by atoms with E-state index in [0.29, 0.717) is 18.1 Å². The number of allylic oxidation sites excluding steroid dienone is 3. The summed E-state index contributed by atoms with van der Waals surface area (Å²) in [6.07, 6.45) is 18.9. The van der Waals surface area contributed by atoms with E-state index in [9.17, 15) is 9.59 Å². The molecule has 37 heavy (non-hydrogen) atoms. The van der Waals surface area contributed by atoms with Gasteiger partial charge in [-0.05, 0) is 80.5 Å². The van der Waals surface area contributed by atoms with Gasteiger partial charge in [-0.15, -0.1) is 0 Å². The summed E-state index contributed by atoms with van der Waals surface area (Å²) >= 11 is 0. The van der Waals surface area contributed by atoms with Crippen molar-refractivity contribution in [2.45, 2.75) is 51.1 Å². The number of hydrogen-bond acceptors (Lipinski definition) is 5. The van der Waals surface area contributed by atoms with Gasteiger partial charge in [-0.3, -0.25) is 9.59 Å². The van der Waals surface area contributed by atoms with Gasteiger partial charge < -0.3 is 14.5 Å². The minimum atomic E-state index is -0.227. The molecule has 0 bridgehead atoms. The molecular weight excluding hydrogens is 466 g/mol. The summed E-state index contributed by atoms with van der Waals surface area (Å²) in [4.78, 5) is 25.9. The second-order valence-electron chi connectivity index (χ2n) is 9.70. The van der Waals surface area contributed by atoms with E-state index in [1.54, 1.807) is 30.5 Å². The summed E-state index contributed by atoms with van der Waals surface area (Å²) in [6, 6.07) is 9.60. The van der Waals surface area contributed by atoms with Crippen LogP contribution in [0.1, 0.15) is 55.4 Å². The van der Waals surface area contributed by atoms with Gasteiger partial charge in [-0.2, -0.15) is 5.10 Å². The molecule has 0 fully saturated rings. The van der Waals surface area contributed by atoms with E-state index in [2.05, 4.69) is 29.6 Å². The maximum Gasteiger partial charge on any atom is 0.247 e. The van der Waals surface area contributed by atoms with Gasteiger partial charge in [0.25, 0.3) is 0 Å². The number of amides is 2. The standard InChI is InChI=1S/C30H33N3O4/c1-36-27-16-14-22(19-21(27)15-17-28(34)31-20-24-11-8-18-37-24)29-25-12-6-7-13-26(25)30(35)33(32-29)23-9-4-2-3-5-10-23/h2,4,6-8,11,14-19,23,25-26H,3,5,9-10,12-13,20H2,1H3,(H,31,34)/b17-15+/t23-,25+,26-/m1/s1. The lowest BCUT2D eigenvalue weighted by atomic mass is 9.76. The summed E-state index contributed by atoms with van der Waals surface area (Å²) in [7, 11) is 1.61. The third-order valence-corrected chi connectivity index (χ3v) is 7.33. The third kappa shape index (κ3) is 5.61. The molecule has 1 aromatic heterocycles. The Kier molecular flexibility index (Phi) is 7.68. The molecule has 2 amide bonds. The number of nitrogens with one attached hydrogen (secondary N) is 1. The van der Waals surface area contributed by atoms with Crippen LogP contribution in [0.3, 0.4) is 0 Å². The number of carbonyl (C=O) groups is 2. The number of rotatable bonds is 7. The van der Waals surface area contributed by atoms with Gasteiger partial charge in [-0.1, -0.05) is 24.3 Å². The Morgan fingerprint density at radius 3 is 2.81 bits per heavy atom. The Balaban J connectivity index is 1.43. The topological polar surface area (TPSA) is 84.1 Å². The molecule has 7 heteroatoms. The van der Waals surface area contributed by atoms with Crippen molar-refractivity contribution in [2.75, 3.05) is 7.11 Å². The predicted molar refractivity (Wildman–Crippen MR) is 143 cm³/mol. The van der Waals surface area contributed by atoms with Crippen LogP contribution in [0.15, 0.2) is 76.5 Å². The van der Waals surface area contributed by atoms with Gasteiger partial charge in [0.05, 0.1) is 37.6 Å². The van der Waals surface area contributed by atoms with Gasteiger partial charge in [0.2, 0.25) is 11.8 Å². The average molecular weight is 500 g/mol. The fourth-order valence-electron chi connectivity index (χ4n) is 5.35. The molecule has 0 saturated carbocycles. The molecule has 3 aliphatic rings. The number of fused-ring (bicyclic) bond motifs is 1. The van der Waals surface area contributed by atoms with Crippen molar-refractivity contribution < 1.29 is 18.7 Å². The maximum atomic E-state index is 13.5. The Bertz CT molecular complexity index is 1240. The number of furan rings is 1. The largest absolute Gasteiger partial charge is 0.496 e. The predicted octanol–water partition coefficient (Wildman–Crippen LogP) is 5.25. The highest BCUT2D eigenvalue weighted by atomic mass is 16.5. The van der Waals surface area contributed by atoms with Crippen LogP contribution in [0.2, 0.25) is 0 Å². The number of benzene rings is 1. The molecule has 1 aliphatic heterocycles. The second kappa shape index (κ2) is 11.5. The molecule has 1 aromatic carbocycles. The molecule has 3 atom stereocenters. The second-order valence-corrected chi connectivity index (χ2v) is 9.70. The zero-order chi connectivity index (χ0) is 25.6. The molecule has 0 spiro atoms. The maximum absolute atomic E-state index is 13.5. The minimum absolute atomic E-state index is 0.0388. The SMILES string of the molecule is COc1ccc(C2=NN([C@@H]3CC=CCCC3)C(=O)[C@@H]3CC=CC[C@H]23)cc1/C=C/C(=O)NCc1ccco1. The average Bonchev–Trinajstić information content (AvgIpc) is 3.32. The molecule has 2 heterocycles. The van der Waals surface area contributed by atoms with E-state index < -0.39 is 0 Å². The number of carbonyl (C=O) groups excluding carboxylic acids is 2. The molecular formula is C30H33N3O4. The van der Waals surface area contributed by atoms with Crippen molar-refractivity contribution >= 4 is 23.6 Å². The summed E-state index contributed by atoms with van der Waals surface area (Å²) < 4.78 is 10.8. The van der Waals surface area contributed by atoms with Gasteiger partial charge in [0.1, 0.15) is 11.5 Å². The quantitative estimate of drug-likeness (QED) is 0.417. The highest BCUT2D eigenvalue weighted by Gasteiger charge is 2.42. The molecule has 0 radical (unpaired) electrons. The first-order valence-electron chi connectivity index (χ1n) is 13.0. The molecule has 0 unspecified atom stereocenters. The molecule has 7 nitrogen and oxygen atoms in total. The lowest BCUT2D eigenvalue weighted by Crippen LogP contribution is -2.49. The normalized spacial score (nSPS) is 23.5. The lowest BCUT2D eigenvalue weighted by Gasteiger charge is -2.40. The number of methoxy groups -OCH3 is 1. The molecule has 2 aromatic rings. The van der Waals surface area contributed by atoms with E-state index in [1.807, 2.05) is 24.3 Å². The fourth-order valence-corrected chi connectivity index (χ4v) is 5.35. The van der Waals surface area contributed by atoms with E-state index in [0.717, 1.165) is 55.4 Å². The highest BCUT2D eigenvalue weighted by Crippen LogP contribution is 2.37. The van der Waals surface area contributed by atoms with E-state index >= 15 is 0 Å². The lowest BCUT2D eigenvalue weighted by molar-refractivity contribution is -0.140. The van der Waals surface area contributed by atoms with E-state index in [-0.39, 0.29) is 29.7 Å². The van der Waals surface area contributed by atoms with Crippen LogP contribution in [-0.2, 0) is 16.1 Å². The van der Waals surface area contributed by atoms with Crippen LogP contribution < -0.4 is 10.1 Å². The van der Waals surface area contributed by atoms with E-state index in [4.69, 9.17) is 14.3 Å². The zero-order valence-electron chi connectivity index (χ0n) is 21.1. The summed E-state index contributed by atoms with van der Waals surface area (Å²) in [5.41, 5.74) is 2.66. The fraction of sp³-hybridized carbons (Fsp3) is 0.367. The van der Waals surface area contributed by atoms with Crippen molar-refractivity contribution in [3.05, 3.63) is 83.9 Å². The Labute approximate surface area is 217 Å². The first-order valence-corrected chi connectivity index (χ1v) is 13.0. The van der Waals surface area contributed by atoms with Gasteiger partial charge in [0.15, 0.2) is 0 Å². The van der Waals surface area contributed by atoms with E-state index in [1.165, 1.54) is 6.08 Å². The highest BCUT2D eigenvalue weighted by molar-refractivity contribution is 6.07. The molecule has 2 aliphatic carbocycles. The monoisotopic (exact) mass is 499 g/mol. The summed E-state index contributed by atoms with van der Waals surface area (Å²) in [5, 5.41) is 9.60. The van der Waals surface area contributed by atoms with Crippen LogP contribution >= 0.6 is 0 Å².